The molecule has 6 heteroatoms. The summed E-state index contributed by atoms with van der Waals surface area (Å²) in [4.78, 5) is 28.6. The Balaban J connectivity index is 1.65. The first kappa shape index (κ1) is 17.8. The zero-order valence-electron chi connectivity index (χ0n) is 14.9. The number of hydrogen-bond donors (Lipinski definition) is 2. The van der Waals surface area contributed by atoms with Crippen LogP contribution in [-0.4, -0.2) is 58.0 Å². The predicted molar refractivity (Wildman–Crippen MR) is 97.5 cm³/mol. The minimum absolute atomic E-state index is 0.0322. The molecule has 1 heterocycles. The van der Waals surface area contributed by atoms with Gasteiger partial charge in [-0.3, -0.25) is 9.59 Å². The van der Waals surface area contributed by atoms with E-state index < -0.39 is 0 Å². The second-order valence-corrected chi connectivity index (χ2v) is 6.62. The molecule has 0 saturated carbocycles. The smallest absolute Gasteiger partial charge is 0.254 e. The molecule has 2 aromatic carbocycles. The number of amides is 2. The Morgan fingerprint density at radius 3 is 1.73 bits per heavy atom. The molecular formula is C20H22N2O4. The summed E-state index contributed by atoms with van der Waals surface area (Å²) in [5.41, 5.74) is 3.11. The van der Waals surface area contributed by atoms with Gasteiger partial charge < -0.3 is 20.0 Å². The Morgan fingerprint density at radius 1 is 0.731 bits per heavy atom. The lowest BCUT2D eigenvalue weighted by atomic mass is 10.1. The molecule has 0 radical (unpaired) electrons. The van der Waals surface area contributed by atoms with Gasteiger partial charge in [0.15, 0.2) is 0 Å². The van der Waals surface area contributed by atoms with Crippen molar-refractivity contribution >= 4 is 11.8 Å². The highest BCUT2D eigenvalue weighted by Crippen LogP contribution is 2.22. The van der Waals surface area contributed by atoms with Crippen molar-refractivity contribution < 1.29 is 19.8 Å². The molecule has 2 amide bonds. The number of carbonyl (C=O) groups is 2. The Bertz CT molecular complexity index is 835. The molecule has 1 saturated heterocycles. The molecule has 2 N–H and O–H groups in total. The lowest BCUT2D eigenvalue weighted by molar-refractivity contribution is 0.0535. The van der Waals surface area contributed by atoms with Gasteiger partial charge in [-0.25, -0.2) is 0 Å². The van der Waals surface area contributed by atoms with Crippen molar-refractivity contribution in [2.24, 2.45) is 0 Å². The van der Waals surface area contributed by atoms with Crippen molar-refractivity contribution in [1.29, 1.82) is 0 Å². The summed E-state index contributed by atoms with van der Waals surface area (Å²) in [5.74, 6) is -0.613. The van der Waals surface area contributed by atoms with Crippen LogP contribution in [0.25, 0.3) is 0 Å². The Hall–Kier alpha value is -3.02. The van der Waals surface area contributed by atoms with E-state index in [0.29, 0.717) is 31.7 Å². The minimum Gasteiger partial charge on any atom is -0.508 e. The molecule has 0 bridgehead atoms. The van der Waals surface area contributed by atoms with Gasteiger partial charge in [-0.1, -0.05) is 6.07 Å². The van der Waals surface area contributed by atoms with Crippen LogP contribution in [0.3, 0.4) is 0 Å². The Labute approximate surface area is 152 Å². The van der Waals surface area contributed by atoms with Crippen molar-refractivity contribution in [3.8, 4) is 11.5 Å². The zero-order chi connectivity index (χ0) is 18.8. The van der Waals surface area contributed by atoms with Crippen LogP contribution in [0.2, 0.25) is 0 Å². The van der Waals surface area contributed by atoms with Gasteiger partial charge in [0.05, 0.1) is 0 Å². The number of phenols is 2. The molecule has 3 rings (SSSR count). The van der Waals surface area contributed by atoms with Crippen molar-refractivity contribution in [2.75, 3.05) is 26.2 Å². The Kier molecular flexibility index (Phi) is 4.84. The second kappa shape index (κ2) is 7.07. The van der Waals surface area contributed by atoms with Gasteiger partial charge in [0.1, 0.15) is 11.5 Å². The maximum Gasteiger partial charge on any atom is 0.254 e. The number of aromatic hydroxyl groups is 2. The normalized spacial score (nSPS) is 14.4. The maximum absolute atomic E-state index is 12.7. The van der Waals surface area contributed by atoms with E-state index in [4.69, 9.17) is 0 Å². The molecule has 2 aromatic rings. The zero-order valence-corrected chi connectivity index (χ0v) is 14.9. The summed E-state index contributed by atoms with van der Waals surface area (Å²) in [6, 6.07) is 9.50. The number of hydrogen-bond acceptors (Lipinski definition) is 4. The lowest BCUT2D eigenvalue weighted by Crippen LogP contribution is -2.50. The molecule has 0 aromatic heterocycles. The van der Waals surface area contributed by atoms with Crippen LogP contribution in [0.4, 0.5) is 0 Å². The summed E-state index contributed by atoms with van der Waals surface area (Å²) >= 11 is 0. The van der Waals surface area contributed by atoms with Crippen LogP contribution in [0, 0.1) is 13.8 Å². The molecule has 0 unspecified atom stereocenters. The minimum atomic E-state index is -0.269. The summed E-state index contributed by atoms with van der Waals surface area (Å²) in [6.07, 6.45) is 0. The SMILES string of the molecule is Cc1ccc(C(=O)N2CCN(C(=O)c3cc(O)cc(O)c3)CC2)cc1C. The van der Waals surface area contributed by atoms with Crippen LogP contribution >= 0.6 is 0 Å². The number of phenolic OH excluding ortho intramolecular Hbond substituents is 2. The van der Waals surface area contributed by atoms with E-state index in [1.54, 1.807) is 9.80 Å². The van der Waals surface area contributed by atoms with Gasteiger partial charge in [-0.05, 0) is 49.2 Å². The Morgan fingerprint density at radius 2 is 1.23 bits per heavy atom. The number of carbonyl (C=O) groups excluding carboxylic acids is 2. The van der Waals surface area contributed by atoms with Crippen LogP contribution in [0.15, 0.2) is 36.4 Å². The van der Waals surface area contributed by atoms with Crippen LogP contribution in [0.1, 0.15) is 31.8 Å². The molecule has 0 spiro atoms. The number of aryl methyl sites for hydroxylation is 2. The summed E-state index contributed by atoms with van der Waals surface area (Å²) in [5, 5.41) is 19.1. The molecular weight excluding hydrogens is 332 g/mol. The molecule has 0 aliphatic carbocycles. The first-order valence-corrected chi connectivity index (χ1v) is 8.54. The average molecular weight is 354 g/mol. The summed E-state index contributed by atoms with van der Waals surface area (Å²) < 4.78 is 0. The van der Waals surface area contributed by atoms with Gasteiger partial charge >= 0.3 is 0 Å². The van der Waals surface area contributed by atoms with E-state index in [2.05, 4.69) is 0 Å². The van der Waals surface area contributed by atoms with E-state index in [0.717, 1.165) is 11.1 Å². The summed E-state index contributed by atoms with van der Waals surface area (Å²) in [6.45, 7) is 5.70. The van der Waals surface area contributed by atoms with Crippen molar-refractivity contribution in [2.45, 2.75) is 13.8 Å². The fourth-order valence-corrected chi connectivity index (χ4v) is 3.07. The van der Waals surface area contributed by atoms with Gasteiger partial charge in [0.25, 0.3) is 11.8 Å². The molecule has 26 heavy (non-hydrogen) atoms. The van der Waals surface area contributed by atoms with Gasteiger partial charge in [0, 0.05) is 43.4 Å². The number of rotatable bonds is 2. The predicted octanol–water partition coefficient (Wildman–Crippen LogP) is 2.31. The highest BCUT2D eigenvalue weighted by Gasteiger charge is 2.26. The molecule has 1 fully saturated rings. The summed E-state index contributed by atoms with van der Waals surface area (Å²) in [7, 11) is 0. The molecule has 6 nitrogen and oxygen atoms in total. The molecule has 1 aliphatic rings. The average Bonchev–Trinajstić information content (AvgIpc) is 2.62. The third kappa shape index (κ3) is 3.64. The monoisotopic (exact) mass is 354 g/mol. The van der Waals surface area contributed by atoms with Crippen molar-refractivity contribution in [1.82, 2.24) is 9.80 Å². The fourth-order valence-electron chi connectivity index (χ4n) is 3.07. The second-order valence-electron chi connectivity index (χ2n) is 6.62. The van der Waals surface area contributed by atoms with Crippen LogP contribution in [0.5, 0.6) is 11.5 Å². The third-order valence-electron chi connectivity index (χ3n) is 4.76. The van der Waals surface area contributed by atoms with Crippen molar-refractivity contribution in [3.05, 3.63) is 58.7 Å². The quantitative estimate of drug-likeness (QED) is 0.867. The number of benzene rings is 2. The topological polar surface area (TPSA) is 81.1 Å². The highest BCUT2D eigenvalue weighted by atomic mass is 16.3. The van der Waals surface area contributed by atoms with E-state index in [-0.39, 0.29) is 28.9 Å². The first-order valence-electron chi connectivity index (χ1n) is 8.54. The van der Waals surface area contributed by atoms with Crippen LogP contribution in [-0.2, 0) is 0 Å². The van der Waals surface area contributed by atoms with E-state index in [9.17, 15) is 19.8 Å². The van der Waals surface area contributed by atoms with Gasteiger partial charge in [0.2, 0.25) is 0 Å². The highest BCUT2D eigenvalue weighted by molar-refractivity contribution is 5.96. The van der Waals surface area contributed by atoms with Gasteiger partial charge in [-0.2, -0.15) is 0 Å². The molecule has 0 atom stereocenters. The van der Waals surface area contributed by atoms with Crippen molar-refractivity contribution in [3.63, 3.8) is 0 Å². The van der Waals surface area contributed by atoms with E-state index in [1.165, 1.54) is 18.2 Å². The van der Waals surface area contributed by atoms with Crippen LogP contribution < -0.4 is 0 Å². The fraction of sp³-hybridized carbons (Fsp3) is 0.300. The first-order chi connectivity index (χ1) is 12.3. The molecule has 136 valence electrons. The maximum atomic E-state index is 12.7. The van der Waals surface area contributed by atoms with E-state index >= 15 is 0 Å². The largest absolute Gasteiger partial charge is 0.508 e. The number of piperazine rings is 1. The third-order valence-corrected chi connectivity index (χ3v) is 4.76. The standard InChI is InChI=1S/C20H22N2O4/c1-13-3-4-15(9-14(13)2)19(25)21-5-7-22(8-6-21)20(26)16-10-17(23)12-18(24)11-16/h3-4,9-12,23-24H,5-8H2,1-2H3. The lowest BCUT2D eigenvalue weighted by Gasteiger charge is -2.35. The molecule has 1 aliphatic heterocycles. The van der Waals surface area contributed by atoms with E-state index in [1.807, 2.05) is 32.0 Å². The number of nitrogens with zero attached hydrogens (tertiary/aromatic N) is 2. The van der Waals surface area contributed by atoms with Gasteiger partial charge in [-0.15, -0.1) is 0 Å².